The van der Waals surface area contributed by atoms with Crippen molar-refractivity contribution >= 4 is 26.8 Å². The minimum Gasteiger partial charge on any atom is -0.479 e. The summed E-state index contributed by atoms with van der Waals surface area (Å²) in [5, 5.41) is 58.5. The van der Waals surface area contributed by atoms with Crippen molar-refractivity contribution in [2.75, 3.05) is 6.61 Å². The van der Waals surface area contributed by atoms with Gasteiger partial charge in [-0.1, -0.05) is 0 Å². The van der Waals surface area contributed by atoms with Gasteiger partial charge in [0.25, 0.3) is 0 Å². The second kappa shape index (κ2) is 10.0. The monoisotopic (exact) mass is 516 g/mol. The molecule has 0 spiro atoms. The highest BCUT2D eigenvalue weighted by Crippen LogP contribution is 2.31. The highest BCUT2D eigenvalue weighted by molar-refractivity contribution is 7.81. The van der Waals surface area contributed by atoms with E-state index >= 15 is 0 Å². The van der Waals surface area contributed by atoms with Crippen molar-refractivity contribution in [2.24, 2.45) is 0 Å². The Morgan fingerprint density at radius 3 is 1.81 bits per heavy atom. The molecule has 0 radical (unpaired) electrons. The van der Waals surface area contributed by atoms with Gasteiger partial charge < -0.3 is 44.8 Å². The molecular weight excluding hydrogens is 496 g/mol. The Labute approximate surface area is 179 Å². The van der Waals surface area contributed by atoms with Crippen LogP contribution in [0.2, 0.25) is 0 Å². The first-order chi connectivity index (χ1) is 14.6. The lowest BCUT2D eigenvalue weighted by Crippen LogP contribution is -2.66. The van der Waals surface area contributed by atoms with Crippen molar-refractivity contribution in [1.29, 1.82) is 0 Å². The van der Waals surface area contributed by atoms with Gasteiger partial charge in [0.1, 0.15) is 30.5 Å². The first-order valence-electron chi connectivity index (χ1n) is 8.39. The molecule has 32 heavy (non-hydrogen) atoms. The lowest BCUT2D eigenvalue weighted by molar-refractivity contribution is -0.345. The summed E-state index contributed by atoms with van der Waals surface area (Å²) >= 11 is 0. The van der Waals surface area contributed by atoms with E-state index in [0.717, 1.165) is 0 Å². The molecule has 0 aromatic rings. The molecule has 10 atom stereocenters. The number of carboxylic acids is 1. The molecule has 0 bridgehead atoms. The second-order valence-electron chi connectivity index (χ2n) is 6.56. The lowest BCUT2D eigenvalue weighted by atomic mass is 9.97. The van der Waals surface area contributed by atoms with Crippen molar-refractivity contribution in [3.8, 4) is 0 Å². The molecule has 2 heterocycles. The molecule has 2 aliphatic heterocycles. The predicted molar refractivity (Wildman–Crippen MR) is 90.0 cm³/mol. The first kappa shape index (κ1) is 27.1. The largest absolute Gasteiger partial charge is 0.479 e. The maximum absolute atomic E-state index is 11.5. The van der Waals surface area contributed by atoms with E-state index in [-0.39, 0.29) is 0 Å². The summed E-state index contributed by atoms with van der Waals surface area (Å²) in [7, 11) is -10.7. The van der Waals surface area contributed by atoms with Crippen LogP contribution in [0, 0.1) is 0 Å². The molecule has 2 saturated heterocycles. The standard InChI is InChI=1S/C12H20O18S2/c13-1-2-3(14)4(15)8(30-32(23,24)25)12(26-2)28-6-5(16)7(29-31(20,21)22)11(19)27-9(6)10(17)18/h2-9,11-16,19H,1H2,(H,17,18)(H,20,21,22)(H,23,24,25)/t2-,3-,4+,5+,6+,7-,8-,9-,11?,12-/m1/s1. The van der Waals surface area contributed by atoms with Gasteiger partial charge in [-0.25, -0.2) is 13.2 Å². The number of aliphatic hydroxyl groups excluding tert-OH is 5. The normalized spacial score (nSPS) is 41.3. The van der Waals surface area contributed by atoms with Gasteiger partial charge in [-0.15, -0.1) is 0 Å². The van der Waals surface area contributed by atoms with Crippen LogP contribution in [0.5, 0.6) is 0 Å². The zero-order valence-electron chi connectivity index (χ0n) is 15.5. The Hall–Kier alpha value is -1.11. The molecule has 8 N–H and O–H groups in total. The third-order valence-corrected chi connectivity index (χ3v) is 5.29. The fraction of sp³-hybridized carbons (Fsp3) is 0.917. The van der Waals surface area contributed by atoms with Crippen LogP contribution < -0.4 is 0 Å². The third-order valence-electron chi connectivity index (χ3n) is 4.36. The lowest BCUT2D eigenvalue weighted by Gasteiger charge is -2.45. The molecule has 188 valence electrons. The minimum absolute atomic E-state index is 0.990. The number of ether oxygens (including phenoxy) is 3. The SMILES string of the molecule is O=C(O)[C@@H]1OC(O)[C@H](OS(=O)(=O)O)[C@@H](O)[C@@H]1O[C@H]1O[C@H](CO)[C@@H](O)[C@H](O)[C@H]1OS(=O)(=O)O. The summed E-state index contributed by atoms with van der Waals surface area (Å²) in [6, 6.07) is 0. The number of hydrogen-bond acceptors (Lipinski definition) is 15. The molecule has 1 unspecified atom stereocenters. The van der Waals surface area contributed by atoms with Gasteiger partial charge in [0.2, 0.25) is 0 Å². The molecule has 0 amide bonds. The fourth-order valence-corrected chi connectivity index (χ4v) is 3.97. The van der Waals surface area contributed by atoms with Crippen LogP contribution in [0.1, 0.15) is 0 Å². The Bertz CT molecular complexity index is 872. The maximum Gasteiger partial charge on any atom is 0.397 e. The van der Waals surface area contributed by atoms with Crippen molar-refractivity contribution in [3.63, 3.8) is 0 Å². The Balaban J connectivity index is 2.40. The van der Waals surface area contributed by atoms with Crippen LogP contribution in [0.25, 0.3) is 0 Å². The second-order valence-corrected chi connectivity index (χ2v) is 8.66. The number of carboxylic acid groups (broad SMARTS) is 1. The summed E-state index contributed by atoms with van der Waals surface area (Å²) in [4.78, 5) is 11.5. The highest BCUT2D eigenvalue weighted by atomic mass is 32.3. The third kappa shape index (κ3) is 6.48. The molecule has 0 aromatic heterocycles. The molecular formula is C12H20O18S2. The average Bonchev–Trinajstić information content (AvgIpc) is 2.64. The Kier molecular flexibility index (Phi) is 8.50. The van der Waals surface area contributed by atoms with Gasteiger partial charge in [-0.2, -0.15) is 16.8 Å². The van der Waals surface area contributed by atoms with E-state index in [4.69, 9.17) is 18.6 Å². The van der Waals surface area contributed by atoms with Gasteiger partial charge in [0, 0.05) is 0 Å². The average molecular weight is 516 g/mol. The first-order valence-corrected chi connectivity index (χ1v) is 11.1. The maximum atomic E-state index is 11.5. The van der Waals surface area contributed by atoms with Crippen LogP contribution in [-0.2, 0) is 48.2 Å². The van der Waals surface area contributed by atoms with Crippen LogP contribution in [0.15, 0.2) is 0 Å². The summed E-state index contributed by atoms with van der Waals surface area (Å²) < 4.78 is 84.7. The molecule has 18 nitrogen and oxygen atoms in total. The van der Waals surface area contributed by atoms with E-state index in [9.17, 15) is 52.3 Å². The van der Waals surface area contributed by atoms with Crippen LogP contribution in [0.3, 0.4) is 0 Å². The fourth-order valence-electron chi connectivity index (χ4n) is 3.00. The quantitative estimate of drug-likeness (QED) is 0.139. The van der Waals surface area contributed by atoms with Crippen LogP contribution >= 0.6 is 0 Å². The molecule has 2 rings (SSSR count). The summed E-state index contributed by atoms with van der Waals surface area (Å²) in [5.41, 5.74) is 0. The summed E-state index contributed by atoms with van der Waals surface area (Å²) in [5.74, 6) is -1.90. The zero-order chi connectivity index (χ0) is 24.6. The summed E-state index contributed by atoms with van der Waals surface area (Å²) in [6.45, 7) is -0.990. The molecule has 2 aliphatic rings. The molecule has 20 heteroatoms. The number of hydrogen-bond donors (Lipinski definition) is 8. The molecule has 0 aromatic carbocycles. The van der Waals surface area contributed by atoms with Crippen LogP contribution in [0.4, 0.5) is 0 Å². The highest BCUT2D eigenvalue weighted by Gasteiger charge is 2.55. The van der Waals surface area contributed by atoms with E-state index in [1.54, 1.807) is 0 Å². The topological polar surface area (TPSA) is 293 Å². The van der Waals surface area contributed by atoms with Crippen molar-refractivity contribution in [2.45, 2.75) is 61.4 Å². The van der Waals surface area contributed by atoms with Gasteiger partial charge in [-0.3, -0.25) is 9.11 Å². The van der Waals surface area contributed by atoms with Crippen molar-refractivity contribution < 1.29 is 84.0 Å². The number of carbonyl (C=O) groups is 1. The zero-order valence-corrected chi connectivity index (χ0v) is 17.1. The molecule has 0 aliphatic carbocycles. The van der Waals surface area contributed by atoms with Crippen molar-refractivity contribution in [3.05, 3.63) is 0 Å². The Morgan fingerprint density at radius 1 is 0.812 bits per heavy atom. The molecule has 2 fully saturated rings. The number of aliphatic hydroxyl groups is 5. The molecule has 0 saturated carbocycles. The van der Waals surface area contributed by atoms with E-state index in [1.807, 2.05) is 0 Å². The van der Waals surface area contributed by atoms with Gasteiger partial charge in [0.15, 0.2) is 30.9 Å². The Morgan fingerprint density at radius 2 is 1.34 bits per heavy atom. The van der Waals surface area contributed by atoms with Gasteiger partial charge in [0.05, 0.1) is 6.61 Å². The predicted octanol–water partition coefficient (Wildman–Crippen LogP) is -5.65. The number of rotatable bonds is 8. The smallest absolute Gasteiger partial charge is 0.397 e. The van der Waals surface area contributed by atoms with E-state index in [1.165, 1.54) is 0 Å². The van der Waals surface area contributed by atoms with E-state index in [2.05, 4.69) is 13.1 Å². The van der Waals surface area contributed by atoms with Crippen molar-refractivity contribution in [1.82, 2.24) is 0 Å². The van der Waals surface area contributed by atoms with Crippen LogP contribution in [-0.4, -0.2) is 131 Å². The van der Waals surface area contributed by atoms with Gasteiger partial charge in [-0.05, 0) is 0 Å². The van der Waals surface area contributed by atoms with Gasteiger partial charge >= 0.3 is 26.8 Å². The summed E-state index contributed by atoms with van der Waals surface area (Å²) in [6.07, 6.45) is -22.2. The number of aliphatic carboxylic acids is 1. The minimum atomic E-state index is -5.35. The van der Waals surface area contributed by atoms with E-state index in [0.29, 0.717) is 0 Å². The van der Waals surface area contributed by atoms with E-state index < -0.39 is 94.8 Å².